The molecule has 5 rings (SSSR count). The van der Waals surface area contributed by atoms with E-state index in [9.17, 15) is 19.8 Å². The fourth-order valence-corrected chi connectivity index (χ4v) is 4.30. The zero-order valence-electron chi connectivity index (χ0n) is 16.2. The van der Waals surface area contributed by atoms with Crippen LogP contribution in [0.25, 0.3) is 22.5 Å². The first-order valence-electron chi connectivity index (χ1n) is 9.93. The number of hydrogen-bond donors (Lipinski definition) is 4. The number of fused-ring (bicyclic) bond motifs is 3. The molecule has 0 spiro atoms. The van der Waals surface area contributed by atoms with Crippen molar-refractivity contribution in [2.75, 3.05) is 0 Å². The van der Waals surface area contributed by atoms with Crippen molar-refractivity contribution in [2.45, 2.75) is 37.6 Å². The average molecular weight is 403 g/mol. The molecule has 152 valence electrons. The van der Waals surface area contributed by atoms with Gasteiger partial charge in [0.15, 0.2) is 0 Å². The first-order chi connectivity index (χ1) is 14.3. The van der Waals surface area contributed by atoms with Gasteiger partial charge in [-0.1, -0.05) is 12.1 Å². The topological polar surface area (TPSA) is 129 Å². The van der Waals surface area contributed by atoms with E-state index in [2.05, 4.69) is 9.97 Å². The van der Waals surface area contributed by atoms with E-state index in [4.69, 9.17) is 5.73 Å². The summed E-state index contributed by atoms with van der Waals surface area (Å²) in [7, 11) is 0. The number of carbonyl (C=O) groups is 2. The Kier molecular flexibility index (Phi) is 4.04. The molecule has 0 aliphatic heterocycles. The van der Waals surface area contributed by atoms with Crippen LogP contribution in [0.4, 0.5) is 0 Å². The van der Waals surface area contributed by atoms with Gasteiger partial charge in [-0.25, -0.2) is 9.59 Å². The summed E-state index contributed by atoms with van der Waals surface area (Å²) in [5.74, 6) is -1.92. The summed E-state index contributed by atoms with van der Waals surface area (Å²) in [5.41, 5.74) is 12.1. The highest BCUT2D eigenvalue weighted by Gasteiger charge is 2.40. The van der Waals surface area contributed by atoms with Crippen LogP contribution in [0.3, 0.4) is 0 Å². The lowest BCUT2D eigenvalue weighted by molar-refractivity contribution is 0.0684. The van der Waals surface area contributed by atoms with Crippen molar-refractivity contribution in [2.24, 2.45) is 5.73 Å². The third kappa shape index (κ3) is 3.07. The van der Waals surface area contributed by atoms with Crippen molar-refractivity contribution >= 4 is 11.9 Å². The highest BCUT2D eigenvalue weighted by molar-refractivity contribution is 5.95. The lowest BCUT2D eigenvalue weighted by atomic mass is 9.88. The molecule has 1 aromatic carbocycles. The Morgan fingerprint density at radius 3 is 2.63 bits per heavy atom. The molecule has 1 fully saturated rings. The normalized spacial score (nSPS) is 15.9. The molecule has 2 aromatic heterocycles. The number of H-pyrrole nitrogens is 1. The molecule has 1 saturated carbocycles. The van der Waals surface area contributed by atoms with Crippen LogP contribution in [0.5, 0.6) is 0 Å². The third-order valence-electron chi connectivity index (χ3n) is 6.12. The number of pyridine rings is 1. The van der Waals surface area contributed by atoms with Crippen molar-refractivity contribution in [1.82, 2.24) is 9.97 Å². The van der Waals surface area contributed by atoms with Crippen LogP contribution in [0.2, 0.25) is 0 Å². The van der Waals surface area contributed by atoms with Crippen molar-refractivity contribution < 1.29 is 19.8 Å². The predicted octanol–water partition coefficient (Wildman–Crippen LogP) is 3.27. The molecule has 0 atom stereocenters. The van der Waals surface area contributed by atoms with E-state index < -0.39 is 11.9 Å². The number of rotatable bonds is 5. The molecule has 0 bridgehead atoms. The van der Waals surface area contributed by atoms with Gasteiger partial charge in [-0.2, -0.15) is 0 Å². The molecule has 7 heteroatoms. The van der Waals surface area contributed by atoms with Gasteiger partial charge in [0.2, 0.25) is 0 Å². The number of hydrogen-bond acceptors (Lipinski definition) is 4. The van der Waals surface area contributed by atoms with Gasteiger partial charge in [0.25, 0.3) is 0 Å². The van der Waals surface area contributed by atoms with Crippen LogP contribution < -0.4 is 5.73 Å². The maximum Gasteiger partial charge on any atom is 0.337 e. The van der Waals surface area contributed by atoms with Gasteiger partial charge in [-0.3, -0.25) is 4.98 Å². The Balaban J connectivity index is 1.62. The van der Waals surface area contributed by atoms with Crippen molar-refractivity contribution in [1.29, 1.82) is 0 Å². The molecule has 2 aliphatic rings. The van der Waals surface area contributed by atoms with E-state index in [-0.39, 0.29) is 11.1 Å². The Hall–Kier alpha value is -3.45. The van der Waals surface area contributed by atoms with E-state index in [0.717, 1.165) is 35.2 Å². The summed E-state index contributed by atoms with van der Waals surface area (Å²) in [5, 5.41) is 19.1. The number of nitrogens with one attached hydrogen (secondary N) is 1. The first-order valence-corrected chi connectivity index (χ1v) is 9.93. The molecule has 2 aliphatic carbocycles. The Bertz CT molecular complexity index is 1210. The van der Waals surface area contributed by atoms with Crippen LogP contribution in [-0.2, 0) is 19.3 Å². The summed E-state index contributed by atoms with van der Waals surface area (Å²) >= 11 is 0. The second-order valence-electron chi connectivity index (χ2n) is 8.29. The Morgan fingerprint density at radius 2 is 1.93 bits per heavy atom. The first kappa shape index (κ1) is 18.6. The molecule has 5 N–H and O–H groups in total. The molecule has 0 unspecified atom stereocenters. The van der Waals surface area contributed by atoms with Crippen LogP contribution in [0.1, 0.15) is 50.4 Å². The standard InChI is InChI=1S/C23H21N3O4/c24-23(6-7-23)10-18-19(22(29)30)15-5-4-14-11-25-17(9-16(14)20(15)26-18)12-2-1-3-13(8-12)21(27)28/h1-3,8-9,11,26H,4-7,10,24H2,(H,27,28)(H,29,30). The second-order valence-corrected chi connectivity index (χ2v) is 8.29. The molecular weight excluding hydrogens is 382 g/mol. The summed E-state index contributed by atoms with van der Waals surface area (Å²) in [6, 6.07) is 8.56. The molecule has 0 saturated heterocycles. The van der Waals surface area contributed by atoms with E-state index in [0.29, 0.717) is 41.8 Å². The third-order valence-corrected chi connectivity index (χ3v) is 6.12. The summed E-state index contributed by atoms with van der Waals surface area (Å²) in [4.78, 5) is 31.2. The molecule has 30 heavy (non-hydrogen) atoms. The lowest BCUT2D eigenvalue weighted by Gasteiger charge is -2.17. The quantitative estimate of drug-likeness (QED) is 0.517. The molecular formula is C23H21N3O4. The Labute approximate surface area is 172 Å². The number of nitrogens with zero attached hydrogens (tertiary/aromatic N) is 1. The molecule has 0 radical (unpaired) electrons. The number of benzene rings is 1. The second kappa shape index (κ2) is 6.53. The minimum atomic E-state index is -0.993. The molecule has 7 nitrogen and oxygen atoms in total. The smallest absolute Gasteiger partial charge is 0.337 e. The average Bonchev–Trinajstić information content (AvgIpc) is 3.32. The van der Waals surface area contributed by atoms with Gasteiger partial charge in [0, 0.05) is 35.0 Å². The number of aromatic nitrogens is 2. The fraction of sp³-hybridized carbons (Fsp3) is 0.261. The zero-order chi connectivity index (χ0) is 21.0. The highest BCUT2D eigenvalue weighted by atomic mass is 16.4. The van der Waals surface area contributed by atoms with Crippen molar-refractivity contribution in [3.63, 3.8) is 0 Å². The van der Waals surface area contributed by atoms with Crippen LogP contribution in [0.15, 0.2) is 36.5 Å². The van der Waals surface area contributed by atoms with Gasteiger partial charge in [-0.15, -0.1) is 0 Å². The lowest BCUT2D eigenvalue weighted by Crippen LogP contribution is -2.25. The minimum absolute atomic E-state index is 0.195. The number of aromatic amines is 1. The maximum absolute atomic E-state index is 12.0. The van der Waals surface area contributed by atoms with E-state index in [1.807, 2.05) is 12.1 Å². The number of nitrogens with two attached hydrogens (primary N) is 1. The number of aromatic carboxylic acids is 2. The van der Waals surface area contributed by atoms with E-state index in [1.165, 1.54) is 0 Å². The van der Waals surface area contributed by atoms with Gasteiger partial charge in [0.1, 0.15) is 0 Å². The van der Waals surface area contributed by atoms with Crippen LogP contribution in [0, 0.1) is 0 Å². The minimum Gasteiger partial charge on any atom is -0.478 e. The maximum atomic E-state index is 12.0. The fourth-order valence-electron chi connectivity index (χ4n) is 4.30. The predicted molar refractivity (Wildman–Crippen MR) is 111 cm³/mol. The van der Waals surface area contributed by atoms with Gasteiger partial charge >= 0.3 is 11.9 Å². The Morgan fingerprint density at radius 1 is 1.13 bits per heavy atom. The van der Waals surface area contributed by atoms with Gasteiger partial charge < -0.3 is 20.9 Å². The van der Waals surface area contributed by atoms with Crippen molar-refractivity contribution in [3.8, 4) is 22.5 Å². The highest BCUT2D eigenvalue weighted by Crippen LogP contribution is 2.41. The van der Waals surface area contributed by atoms with E-state index >= 15 is 0 Å². The number of carboxylic acids is 2. The molecule has 2 heterocycles. The van der Waals surface area contributed by atoms with Crippen LogP contribution in [-0.4, -0.2) is 37.7 Å². The number of aryl methyl sites for hydroxylation is 1. The summed E-state index contributed by atoms with van der Waals surface area (Å²) < 4.78 is 0. The van der Waals surface area contributed by atoms with Gasteiger partial charge in [0.05, 0.1) is 22.5 Å². The van der Waals surface area contributed by atoms with Crippen LogP contribution >= 0.6 is 0 Å². The van der Waals surface area contributed by atoms with E-state index in [1.54, 1.807) is 24.4 Å². The zero-order valence-corrected chi connectivity index (χ0v) is 16.2. The van der Waals surface area contributed by atoms with Crippen molar-refractivity contribution in [3.05, 3.63) is 64.5 Å². The summed E-state index contributed by atoms with van der Waals surface area (Å²) in [6.07, 6.45) is 5.47. The summed E-state index contributed by atoms with van der Waals surface area (Å²) in [6.45, 7) is 0. The SMILES string of the molecule is NC1(Cc2[nH]c3c(c2C(=O)O)CCc2cnc(-c4cccc(C(=O)O)c4)cc2-3)CC1. The molecule has 3 aromatic rings. The number of carboxylic acid groups (broad SMARTS) is 2. The van der Waals surface area contributed by atoms with Gasteiger partial charge in [-0.05, 0) is 55.0 Å². The molecule has 0 amide bonds. The largest absolute Gasteiger partial charge is 0.478 e. The monoisotopic (exact) mass is 403 g/mol.